The molecule has 0 aliphatic heterocycles. The number of ether oxygens (including phenoxy) is 1. The summed E-state index contributed by atoms with van der Waals surface area (Å²) >= 11 is 1.53. The first-order chi connectivity index (χ1) is 9.28. The molecule has 0 aliphatic rings. The summed E-state index contributed by atoms with van der Waals surface area (Å²) in [5, 5.41) is 2.84. The molecule has 19 heavy (non-hydrogen) atoms. The van der Waals surface area contributed by atoms with Crippen molar-refractivity contribution in [3.63, 3.8) is 0 Å². The summed E-state index contributed by atoms with van der Waals surface area (Å²) in [4.78, 5) is 12.9. The molecule has 2 heterocycles. The summed E-state index contributed by atoms with van der Waals surface area (Å²) in [5.41, 5.74) is 0.839. The number of hydrogen-bond acceptors (Lipinski definition) is 4. The molecule has 3 nitrogen and oxygen atoms in total. The van der Waals surface area contributed by atoms with Gasteiger partial charge in [-0.2, -0.15) is 0 Å². The first kappa shape index (κ1) is 12.0. The predicted octanol–water partition coefficient (Wildman–Crippen LogP) is 3.92. The smallest absolute Gasteiger partial charge is 0.345 e. The molecule has 0 spiro atoms. The first-order valence-electron chi connectivity index (χ1n) is 6.02. The highest BCUT2D eigenvalue weighted by Gasteiger charge is 2.09. The number of rotatable bonds is 3. The average Bonchev–Trinajstić information content (AvgIpc) is 2.92. The van der Waals surface area contributed by atoms with Crippen LogP contribution in [0.25, 0.3) is 21.4 Å². The zero-order valence-electron chi connectivity index (χ0n) is 10.4. The first-order valence-corrected chi connectivity index (χ1v) is 6.90. The molecule has 2 aromatic heterocycles. The second kappa shape index (κ2) is 4.90. The normalized spacial score (nSPS) is 10.8. The Kier molecular flexibility index (Phi) is 3.09. The fraction of sp³-hybridized carbons (Fsp3) is 0.133. The number of fused-ring (bicyclic) bond motifs is 1. The van der Waals surface area contributed by atoms with Crippen molar-refractivity contribution in [3.05, 3.63) is 52.2 Å². The third kappa shape index (κ3) is 2.27. The summed E-state index contributed by atoms with van der Waals surface area (Å²) < 4.78 is 10.8. The molecule has 0 radical (unpaired) electrons. The van der Waals surface area contributed by atoms with Gasteiger partial charge < -0.3 is 9.15 Å². The molecule has 0 fully saturated rings. The van der Waals surface area contributed by atoms with Gasteiger partial charge in [-0.3, -0.25) is 0 Å². The third-order valence-corrected chi connectivity index (χ3v) is 3.71. The topological polar surface area (TPSA) is 39.4 Å². The SMILES string of the molecule is CCOc1ccc2cc(-c3cccs3)c(=O)oc2c1. The Hall–Kier alpha value is -2.07. The highest BCUT2D eigenvalue weighted by atomic mass is 32.1. The molecule has 0 saturated heterocycles. The van der Waals surface area contributed by atoms with Crippen molar-refractivity contribution in [2.24, 2.45) is 0 Å². The molecule has 96 valence electrons. The lowest BCUT2D eigenvalue weighted by Gasteiger charge is -2.04. The molecule has 0 N–H and O–H groups in total. The minimum atomic E-state index is -0.316. The molecule has 0 saturated carbocycles. The quantitative estimate of drug-likeness (QED) is 0.678. The van der Waals surface area contributed by atoms with Gasteiger partial charge in [-0.1, -0.05) is 6.07 Å². The van der Waals surface area contributed by atoms with Gasteiger partial charge in [-0.15, -0.1) is 11.3 Å². The number of benzene rings is 1. The van der Waals surface area contributed by atoms with Crippen LogP contribution in [0.3, 0.4) is 0 Å². The van der Waals surface area contributed by atoms with Crippen LogP contribution in [0, 0.1) is 0 Å². The molecule has 0 bridgehead atoms. The molecule has 0 unspecified atom stereocenters. The highest BCUT2D eigenvalue weighted by molar-refractivity contribution is 7.13. The Morgan fingerprint density at radius 3 is 2.89 bits per heavy atom. The fourth-order valence-corrected chi connectivity index (χ4v) is 2.68. The zero-order valence-corrected chi connectivity index (χ0v) is 11.2. The maximum Gasteiger partial charge on any atom is 0.345 e. The van der Waals surface area contributed by atoms with Crippen LogP contribution < -0.4 is 10.4 Å². The minimum absolute atomic E-state index is 0.316. The van der Waals surface area contributed by atoms with E-state index in [0.717, 1.165) is 10.3 Å². The van der Waals surface area contributed by atoms with Crippen molar-refractivity contribution in [3.8, 4) is 16.2 Å². The van der Waals surface area contributed by atoms with E-state index in [9.17, 15) is 4.79 Å². The standard InChI is InChI=1S/C15H12O3S/c1-2-17-11-6-5-10-8-12(14-4-3-7-19-14)15(16)18-13(10)9-11/h3-9H,2H2,1H3. The van der Waals surface area contributed by atoms with Gasteiger partial charge in [0.2, 0.25) is 0 Å². The Morgan fingerprint density at radius 1 is 1.26 bits per heavy atom. The van der Waals surface area contributed by atoms with E-state index in [2.05, 4.69) is 0 Å². The molecule has 0 aliphatic carbocycles. The Balaban J connectivity index is 2.16. The van der Waals surface area contributed by atoms with Crippen LogP contribution in [0.5, 0.6) is 5.75 Å². The van der Waals surface area contributed by atoms with E-state index < -0.39 is 0 Å². The lowest BCUT2D eigenvalue weighted by molar-refractivity contribution is 0.340. The minimum Gasteiger partial charge on any atom is -0.494 e. The molecule has 0 amide bonds. The largest absolute Gasteiger partial charge is 0.494 e. The Labute approximate surface area is 114 Å². The van der Waals surface area contributed by atoms with Gasteiger partial charge in [0.15, 0.2) is 0 Å². The van der Waals surface area contributed by atoms with Gasteiger partial charge in [0.25, 0.3) is 0 Å². The monoisotopic (exact) mass is 272 g/mol. The van der Waals surface area contributed by atoms with Crippen molar-refractivity contribution in [2.75, 3.05) is 6.61 Å². The summed E-state index contributed by atoms with van der Waals surface area (Å²) in [5.74, 6) is 0.710. The van der Waals surface area contributed by atoms with Crippen molar-refractivity contribution in [1.82, 2.24) is 0 Å². The van der Waals surface area contributed by atoms with Crippen molar-refractivity contribution >= 4 is 22.3 Å². The van der Waals surface area contributed by atoms with E-state index >= 15 is 0 Å². The number of thiophene rings is 1. The Morgan fingerprint density at radius 2 is 2.16 bits per heavy atom. The molecular formula is C15H12O3S. The Bertz CT molecular complexity index is 757. The van der Waals surface area contributed by atoms with Crippen LogP contribution in [0.4, 0.5) is 0 Å². The summed E-state index contributed by atoms with van der Waals surface area (Å²) in [6.07, 6.45) is 0. The second-order valence-electron chi connectivity index (χ2n) is 4.06. The van der Waals surface area contributed by atoms with Gasteiger partial charge >= 0.3 is 5.63 Å². The fourth-order valence-electron chi connectivity index (χ4n) is 1.95. The van der Waals surface area contributed by atoms with Gasteiger partial charge in [-0.05, 0) is 36.6 Å². The molecular weight excluding hydrogens is 260 g/mol. The van der Waals surface area contributed by atoms with Gasteiger partial charge in [0.05, 0.1) is 12.2 Å². The van der Waals surface area contributed by atoms with Gasteiger partial charge in [0, 0.05) is 16.3 Å². The highest BCUT2D eigenvalue weighted by Crippen LogP contribution is 2.26. The molecule has 3 aromatic rings. The van der Waals surface area contributed by atoms with Crippen LogP contribution in [0.15, 0.2) is 51.0 Å². The summed E-state index contributed by atoms with van der Waals surface area (Å²) in [7, 11) is 0. The van der Waals surface area contributed by atoms with E-state index in [1.54, 1.807) is 6.07 Å². The maximum atomic E-state index is 12.0. The van der Waals surface area contributed by atoms with E-state index in [1.807, 2.05) is 42.6 Å². The molecule has 4 heteroatoms. The summed E-state index contributed by atoms with van der Waals surface area (Å²) in [6.45, 7) is 2.50. The van der Waals surface area contributed by atoms with Crippen LogP contribution in [-0.4, -0.2) is 6.61 Å². The lowest BCUT2D eigenvalue weighted by atomic mass is 10.1. The molecule has 0 atom stereocenters. The van der Waals surface area contributed by atoms with Crippen LogP contribution in [-0.2, 0) is 0 Å². The predicted molar refractivity (Wildman–Crippen MR) is 77.0 cm³/mol. The average molecular weight is 272 g/mol. The summed E-state index contributed by atoms with van der Waals surface area (Å²) in [6, 6.07) is 11.2. The van der Waals surface area contributed by atoms with Crippen LogP contribution >= 0.6 is 11.3 Å². The van der Waals surface area contributed by atoms with Crippen molar-refractivity contribution in [1.29, 1.82) is 0 Å². The second-order valence-corrected chi connectivity index (χ2v) is 5.01. The number of hydrogen-bond donors (Lipinski definition) is 0. The van der Waals surface area contributed by atoms with E-state index in [0.29, 0.717) is 23.5 Å². The third-order valence-electron chi connectivity index (χ3n) is 2.81. The van der Waals surface area contributed by atoms with Crippen LogP contribution in [0.2, 0.25) is 0 Å². The molecule has 1 aromatic carbocycles. The maximum absolute atomic E-state index is 12.0. The zero-order chi connectivity index (χ0) is 13.2. The van der Waals surface area contributed by atoms with E-state index in [1.165, 1.54) is 11.3 Å². The van der Waals surface area contributed by atoms with Gasteiger partial charge in [-0.25, -0.2) is 4.79 Å². The molecule has 3 rings (SSSR count). The van der Waals surface area contributed by atoms with E-state index in [-0.39, 0.29) is 5.63 Å². The van der Waals surface area contributed by atoms with Crippen molar-refractivity contribution in [2.45, 2.75) is 6.92 Å². The van der Waals surface area contributed by atoms with E-state index in [4.69, 9.17) is 9.15 Å². The lowest BCUT2D eigenvalue weighted by Crippen LogP contribution is -2.01. The van der Waals surface area contributed by atoms with Crippen molar-refractivity contribution < 1.29 is 9.15 Å². The van der Waals surface area contributed by atoms with Crippen LogP contribution in [0.1, 0.15) is 6.92 Å². The van der Waals surface area contributed by atoms with Gasteiger partial charge in [0.1, 0.15) is 11.3 Å².